The first-order valence-electron chi connectivity index (χ1n) is 9.71. The van der Waals surface area contributed by atoms with Gasteiger partial charge in [-0.3, -0.25) is 0 Å². The Morgan fingerprint density at radius 1 is 1.18 bits per heavy atom. The van der Waals surface area contributed by atoms with Crippen molar-refractivity contribution in [3.63, 3.8) is 0 Å². The lowest BCUT2D eigenvalue weighted by molar-refractivity contribution is -0.0669. The van der Waals surface area contributed by atoms with Gasteiger partial charge < -0.3 is 24.1 Å². The van der Waals surface area contributed by atoms with Gasteiger partial charge in [-0.2, -0.15) is 0 Å². The van der Waals surface area contributed by atoms with E-state index in [1.54, 1.807) is 7.11 Å². The molecule has 1 aromatic carbocycles. The van der Waals surface area contributed by atoms with Gasteiger partial charge in [0.25, 0.3) is 0 Å². The molecule has 0 amide bonds. The first-order valence-corrected chi connectivity index (χ1v) is 12.6. The summed E-state index contributed by atoms with van der Waals surface area (Å²) in [5.74, 6) is 3.49. The molecule has 0 fully saturated rings. The SMILES string of the molecule is C#C[C@@H](C[C@@H](OCc1ccc(OC)cc1)C(O)CCO)O[Si](C)(C)C(C)(C)C. The molecular weight excluding hydrogens is 372 g/mol. The first-order chi connectivity index (χ1) is 13.0. The third-order valence-corrected chi connectivity index (χ3v) is 9.84. The van der Waals surface area contributed by atoms with Crippen molar-refractivity contribution >= 4 is 8.32 Å². The molecule has 5 nitrogen and oxygen atoms in total. The third kappa shape index (κ3) is 7.57. The minimum Gasteiger partial charge on any atom is -0.497 e. The molecule has 0 heterocycles. The molecule has 158 valence electrons. The molecule has 28 heavy (non-hydrogen) atoms. The van der Waals surface area contributed by atoms with Gasteiger partial charge >= 0.3 is 0 Å². The molecule has 0 aliphatic heterocycles. The van der Waals surface area contributed by atoms with Gasteiger partial charge in [0, 0.05) is 13.0 Å². The average Bonchev–Trinajstić information content (AvgIpc) is 2.63. The van der Waals surface area contributed by atoms with Crippen LogP contribution in [0.4, 0.5) is 0 Å². The van der Waals surface area contributed by atoms with E-state index in [1.807, 2.05) is 24.3 Å². The Morgan fingerprint density at radius 3 is 2.25 bits per heavy atom. The predicted molar refractivity (Wildman–Crippen MR) is 115 cm³/mol. The molecule has 2 N–H and O–H groups in total. The Labute approximate surface area is 171 Å². The Kier molecular flexibility index (Phi) is 9.68. The van der Waals surface area contributed by atoms with Crippen LogP contribution in [0.3, 0.4) is 0 Å². The minimum atomic E-state index is -2.05. The van der Waals surface area contributed by atoms with E-state index in [4.69, 9.17) is 20.3 Å². The molecule has 6 heteroatoms. The Bertz CT molecular complexity index is 615. The van der Waals surface area contributed by atoms with Gasteiger partial charge in [-0.15, -0.1) is 6.42 Å². The zero-order valence-electron chi connectivity index (χ0n) is 18.1. The summed E-state index contributed by atoms with van der Waals surface area (Å²) in [5, 5.41) is 19.7. The predicted octanol–water partition coefficient (Wildman–Crippen LogP) is 3.74. The lowest BCUT2D eigenvalue weighted by atomic mass is 10.0. The average molecular weight is 409 g/mol. The van der Waals surface area contributed by atoms with Gasteiger partial charge in [-0.1, -0.05) is 38.8 Å². The molecule has 0 spiro atoms. The maximum absolute atomic E-state index is 10.5. The topological polar surface area (TPSA) is 68.2 Å². The molecule has 3 atom stereocenters. The zero-order valence-corrected chi connectivity index (χ0v) is 19.1. The van der Waals surface area contributed by atoms with E-state index in [1.165, 1.54) is 0 Å². The normalized spacial score (nSPS) is 15.5. The Balaban J connectivity index is 2.83. The number of terminal acetylenes is 1. The molecule has 0 aliphatic carbocycles. The number of rotatable bonds is 11. The van der Waals surface area contributed by atoms with Crippen LogP contribution in [0.5, 0.6) is 5.75 Å². The van der Waals surface area contributed by atoms with Crippen molar-refractivity contribution in [1.82, 2.24) is 0 Å². The van der Waals surface area contributed by atoms with Crippen LogP contribution in [0.2, 0.25) is 18.1 Å². The lowest BCUT2D eigenvalue weighted by Gasteiger charge is -2.39. The summed E-state index contributed by atoms with van der Waals surface area (Å²) >= 11 is 0. The largest absolute Gasteiger partial charge is 0.497 e. The number of methoxy groups -OCH3 is 1. The number of aliphatic hydroxyl groups excluding tert-OH is 2. The highest BCUT2D eigenvalue weighted by Gasteiger charge is 2.39. The fourth-order valence-corrected chi connectivity index (χ4v) is 3.70. The number of aliphatic hydroxyl groups is 2. The van der Waals surface area contributed by atoms with Crippen LogP contribution in [-0.2, 0) is 15.8 Å². The van der Waals surface area contributed by atoms with E-state index < -0.39 is 26.6 Å². The van der Waals surface area contributed by atoms with Crippen molar-refractivity contribution in [2.45, 2.75) is 76.7 Å². The van der Waals surface area contributed by atoms with E-state index in [-0.39, 0.29) is 18.1 Å². The lowest BCUT2D eigenvalue weighted by Crippen LogP contribution is -2.45. The molecule has 0 saturated carbocycles. The molecule has 1 aromatic rings. The summed E-state index contributed by atoms with van der Waals surface area (Å²) in [4.78, 5) is 0. The van der Waals surface area contributed by atoms with E-state index >= 15 is 0 Å². The van der Waals surface area contributed by atoms with Crippen molar-refractivity contribution in [2.75, 3.05) is 13.7 Å². The monoisotopic (exact) mass is 408 g/mol. The van der Waals surface area contributed by atoms with Crippen LogP contribution in [0.1, 0.15) is 39.2 Å². The molecule has 1 rings (SSSR count). The van der Waals surface area contributed by atoms with Crippen LogP contribution in [-0.4, -0.2) is 50.6 Å². The standard InChI is InChI=1S/C22H36O5Si/c1-8-18(27-28(6,7)22(2,3)4)15-21(20(24)13-14-23)26-16-17-9-11-19(25-5)12-10-17/h1,9-12,18,20-21,23-24H,13-16H2,2-7H3/t18-,20?,21+/m0/s1. The maximum Gasteiger partial charge on any atom is 0.193 e. The second-order valence-corrected chi connectivity index (χ2v) is 13.3. The summed E-state index contributed by atoms with van der Waals surface area (Å²) in [7, 11) is -0.429. The summed E-state index contributed by atoms with van der Waals surface area (Å²) in [5.41, 5.74) is 0.963. The summed E-state index contributed by atoms with van der Waals surface area (Å²) < 4.78 is 17.5. The van der Waals surface area contributed by atoms with E-state index in [9.17, 15) is 10.2 Å². The van der Waals surface area contributed by atoms with Crippen molar-refractivity contribution in [2.24, 2.45) is 0 Å². The highest BCUT2D eigenvalue weighted by atomic mass is 28.4. The van der Waals surface area contributed by atoms with Crippen LogP contribution in [0, 0.1) is 12.3 Å². The quantitative estimate of drug-likeness (QED) is 0.431. The fraction of sp³-hybridized carbons (Fsp3) is 0.636. The van der Waals surface area contributed by atoms with Crippen LogP contribution < -0.4 is 4.74 Å². The summed E-state index contributed by atoms with van der Waals surface area (Å²) in [6.07, 6.45) is 4.54. The Hall–Kier alpha value is -1.36. The van der Waals surface area contributed by atoms with E-state index in [2.05, 4.69) is 39.8 Å². The molecule has 0 radical (unpaired) electrons. The van der Waals surface area contributed by atoms with Gasteiger partial charge in [0.15, 0.2) is 8.32 Å². The second kappa shape index (κ2) is 11.0. The highest BCUT2D eigenvalue weighted by Crippen LogP contribution is 2.37. The maximum atomic E-state index is 10.5. The summed E-state index contributed by atoms with van der Waals surface area (Å²) in [6.45, 7) is 11.0. The van der Waals surface area contributed by atoms with Crippen LogP contribution in [0.15, 0.2) is 24.3 Å². The number of ether oxygens (including phenoxy) is 2. The molecule has 1 unspecified atom stereocenters. The molecule has 0 bridgehead atoms. The van der Waals surface area contributed by atoms with Gasteiger partial charge in [-0.05, 0) is 42.2 Å². The van der Waals surface area contributed by atoms with Gasteiger partial charge in [0.2, 0.25) is 0 Å². The van der Waals surface area contributed by atoms with Crippen LogP contribution in [0.25, 0.3) is 0 Å². The van der Waals surface area contributed by atoms with Crippen molar-refractivity contribution in [3.8, 4) is 18.1 Å². The highest BCUT2D eigenvalue weighted by molar-refractivity contribution is 6.74. The zero-order chi connectivity index (χ0) is 21.4. The molecule has 0 saturated heterocycles. The molecular formula is C22H36O5Si. The van der Waals surface area contributed by atoms with Gasteiger partial charge in [-0.25, -0.2) is 0 Å². The van der Waals surface area contributed by atoms with Crippen molar-refractivity contribution in [1.29, 1.82) is 0 Å². The van der Waals surface area contributed by atoms with Crippen molar-refractivity contribution in [3.05, 3.63) is 29.8 Å². The molecule has 0 aromatic heterocycles. The minimum absolute atomic E-state index is 0.0330. The Morgan fingerprint density at radius 2 is 1.79 bits per heavy atom. The number of benzene rings is 1. The van der Waals surface area contributed by atoms with Gasteiger partial charge in [0.05, 0.1) is 25.9 Å². The van der Waals surface area contributed by atoms with Crippen LogP contribution >= 0.6 is 0 Å². The molecule has 0 aliphatic rings. The van der Waals surface area contributed by atoms with Gasteiger partial charge in [0.1, 0.15) is 11.9 Å². The number of hydrogen-bond donors (Lipinski definition) is 2. The first kappa shape index (κ1) is 24.7. The second-order valence-electron chi connectivity index (χ2n) is 8.55. The smallest absolute Gasteiger partial charge is 0.193 e. The summed E-state index contributed by atoms with van der Waals surface area (Å²) in [6, 6.07) is 7.56. The number of hydrogen-bond acceptors (Lipinski definition) is 5. The van der Waals surface area contributed by atoms with E-state index in [0.29, 0.717) is 13.0 Å². The van der Waals surface area contributed by atoms with E-state index in [0.717, 1.165) is 11.3 Å². The third-order valence-electron chi connectivity index (χ3n) is 5.35. The van der Waals surface area contributed by atoms with Crippen molar-refractivity contribution < 1.29 is 24.1 Å². The fourth-order valence-electron chi connectivity index (χ4n) is 2.47.